The van der Waals surface area contributed by atoms with E-state index in [1.165, 1.54) is 56.1 Å². The van der Waals surface area contributed by atoms with E-state index in [0.717, 1.165) is 36.5 Å². The summed E-state index contributed by atoms with van der Waals surface area (Å²) < 4.78 is 4.99. The van der Waals surface area contributed by atoms with Gasteiger partial charge in [-0.25, -0.2) is 4.79 Å². The van der Waals surface area contributed by atoms with Gasteiger partial charge in [-0.3, -0.25) is 4.90 Å². The Morgan fingerprint density at radius 1 is 1.35 bits per heavy atom. The van der Waals surface area contributed by atoms with Crippen molar-refractivity contribution in [1.82, 2.24) is 4.90 Å². The molecule has 0 radical (unpaired) electrons. The molecule has 3 nitrogen and oxygen atoms in total. The van der Waals surface area contributed by atoms with Gasteiger partial charge in [-0.05, 0) is 54.3 Å². The van der Waals surface area contributed by atoms with Gasteiger partial charge in [-0.1, -0.05) is 26.2 Å². The summed E-state index contributed by atoms with van der Waals surface area (Å²) in [4.78, 5) is 15.4. The number of esters is 1. The van der Waals surface area contributed by atoms with Crippen LogP contribution < -0.4 is 0 Å². The number of rotatable bonds is 4. The molecule has 1 saturated carbocycles. The van der Waals surface area contributed by atoms with Gasteiger partial charge in [0.15, 0.2) is 0 Å². The van der Waals surface area contributed by atoms with Crippen molar-refractivity contribution < 1.29 is 9.53 Å². The van der Waals surface area contributed by atoms with E-state index >= 15 is 0 Å². The fourth-order valence-corrected chi connectivity index (χ4v) is 4.89. The van der Waals surface area contributed by atoms with Crippen LogP contribution in [-0.4, -0.2) is 37.6 Å². The van der Waals surface area contributed by atoms with Crippen molar-refractivity contribution in [1.29, 1.82) is 0 Å². The number of thiophene rings is 1. The lowest BCUT2D eigenvalue weighted by Crippen LogP contribution is -2.34. The van der Waals surface area contributed by atoms with Crippen LogP contribution in [0.5, 0.6) is 0 Å². The molecule has 0 unspecified atom stereocenters. The predicted octanol–water partition coefficient (Wildman–Crippen LogP) is 4.59. The van der Waals surface area contributed by atoms with Crippen LogP contribution in [0.25, 0.3) is 5.57 Å². The van der Waals surface area contributed by atoms with Gasteiger partial charge >= 0.3 is 5.97 Å². The van der Waals surface area contributed by atoms with Crippen molar-refractivity contribution in [2.45, 2.75) is 45.4 Å². The normalized spacial score (nSPS) is 20.8. The first-order valence-corrected chi connectivity index (χ1v) is 9.73. The molecular weight excluding hydrogens is 306 g/mol. The molecule has 0 N–H and O–H groups in total. The second-order valence-electron chi connectivity index (χ2n) is 6.61. The molecule has 1 aromatic rings. The van der Waals surface area contributed by atoms with Crippen molar-refractivity contribution in [3.63, 3.8) is 0 Å². The van der Waals surface area contributed by atoms with E-state index in [9.17, 15) is 4.79 Å². The van der Waals surface area contributed by atoms with Gasteiger partial charge in [-0.2, -0.15) is 0 Å². The largest absolute Gasteiger partial charge is 0.465 e. The number of likely N-dealkylation sites (N-methyl/N-ethyl adjacent to an activating group) is 1. The smallest absolute Gasteiger partial charge is 0.348 e. The molecule has 2 heterocycles. The van der Waals surface area contributed by atoms with Crippen molar-refractivity contribution in [3.05, 3.63) is 27.5 Å². The lowest BCUT2D eigenvalue weighted by atomic mass is 9.78. The minimum atomic E-state index is -0.191. The van der Waals surface area contributed by atoms with Gasteiger partial charge in [-0.15, -0.1) is 11.3 Å². The van der Waals surface area contributed by atoms with E-state index < -0.39 is 0 Å². The first-order chi connectivity index (χ1) is 11.2. The summed E-state index contributed by atoms with van der Waals surface area (Å²) in [6, 6.07) is 2.12. The minimum absolute atomic E-state index is 0.191. The van der Waals surface area contributed by atoms with E-state index in [4.69, 9.17) is 4.74 Å². The summed E-state index contributed by atoms with van der Waals surface area (Å²) in [5, 5.41) is 2.03. The zero-order chi connectivity index (χ0) is 16.2. The van der Waals surface area contributed by atoms with Crippen LogP contribution in [0.2, 0.25) is 0 Å². The first kappa shape index (κ1) is 16.7. The van der Waals surface area contributed by atoms with Crippen LogP contribution in [-0.2, 0) is 4.74 Å². The number of hydrogen-bond donors (Lipinski definition) is 0. The van der Waals surface area contributed by atoms with Crippen LogP contribution in [0.1, 0.15) is 60.7 Å². The number of carbonyl (C=O) groups is 1. The molecule has 0 spiro atoms. The molecule has 1 aliphatic carbocycles. The van der Waals surface area contributed by atoms with Crippen LogP contribution in [0.4, 0.5) is 0 Å². The maximum atomic E-state index is 12.1. The molecule has 0 amide bonds. The van der Waals surface area contributed by atoms with Gasteiger partial charge in [0.1, 0.15) is 4.88 Å². The number of methoxy groups -OCH3 is 1. The molecule has 1 aliphatic heterocycles. The molecule has 1 fully saturated rings. The highest BCUT2D eigenvalue weighted by atomic mass is 32.1. The Kier molecular flexibility index (Phi) is 5.54. The van der Waals surface area contributed by atoms with Gasteiger partial charge < -0.3 is 4.74 Å². The topological polar surface area (TPSA) is 29.5 Å². The standard InChI is InChI=1S/C19H27NO2S/c1-3-20-11-9-15(16-10-12-23-18(16)19(21)22-2)17(13-20)14-7-5-4-6-8-14/h10,12,14H,3-9,11,13H2,1-2H3. The van der Waals surface area contributed by atoms with E-state index in [2.05, 4.69) is 17.9 Å². The zero-order valence-electron chi connectivity index (χ0n) is 14.3. The number of hydrogen-bond acceptors (Lipinski definition) is 4. The Balaban J connectivity index is 1.99. The highest BCUT2D eigenvalue weighted by Gasteiger charge is 2.28. The van der Waals surface area contributed by atoms with Gasteiger partial charge in [0.25, 0.3) is 0 Å². The quantitative estimate of drug-likeness (QED) is 0.755. The first-order valence-electron chi connectivity index (χ1n) is 8.85. The Bertz CT molecular complexity index is 584. The monoisotopic (exact) mass is 333 g/mol. The van der Waals surface area contributed by atoms with Gasteiger partial charge in [0.05, 0.1) is 7.11 Å². The molecule has 4 heteroatoms. The fraction of sp³-hybridized carbons (Fsp3) is 0.632. The second-order valence-corrected chi connectivity index (χ2v) is 7.53. The van der Waals surface area contributed by atoms with E-state index in [1.807, 2.05) is 5.38 Å². The highest BCUT2D eigenvalue weighted by Crippen LogP contribution is 2.40. The molecule has 3 rings (SSSR count). The summed E-state index contributed by atoms with van der Waals surface area (Å²) in [7, 11) is 1.47. The van der Waals surface area contributed by atoms with Gasteiger partial charge in [0.2, 0.25) is 0 Å². The Hall–Kier alpha value is -1.13. The van der Waals surface area contributed by atoms with E-state index in [1.54, 1.807) is 5.57 Å². The van der Waals surface area contributed by atoms with Gasteiger partial charge in [0, 0.05) is 18.7 Å². The molecule has 0 bridgehead atoms. The molecule has 0 aromatic carbocycles. The highest BCUT2D eigenvalue weighted by molar-refractivity contribution is 7.12. The predicted molar refractivity (Wildman–Crippen MR) is 95.9 cm³/mol. The fourth-order valence-electron chi connectivity index (χ4n) is 4.05. The zero-order valence-corrected chi connectivity index (χ0v) is 15.1. The number of nitrogens with zero attached hydrogens (tertiary/aromatic N) is 1. The third kappa shape index (κ3) is 3.53. The molecule has 1 aromatic heterocycles. The lowest BCUT2D eigenvalue weighted by molar-refractivity contribution is 0.0606. The molecule has 2 aliphatic rings. The molecule has 23 heavy (non-hydrogen) atoms. The number of carbonyl (C=O) groups excluding carboxylic acids is 1. The van der Waals surface area contributed by atoms with Crippen molar-refractivity contribution in [2.75, 3.05) is 26.7 Å². The third-order valence-corrected chi connectivity index (χ3v) is 6.26. The average Bonchev–Trinajstić information content (AvgIpc) is 3.10. The summed E-state index contributed by atoms with van der Waals surface area (Å²) in [6.07, 6.45) is 7.76. The Morgan fingerprint density at radius 2 is 2.13 bits per heavy atom. The van der Waals surface area contributed by atoms with Crippen molar-refractivity contribution in [2.24, 2.45) is 5.92 Å². The van der Waals surface area contributed by atoms with Crippen LogP contribution in [0.3, 0.4) is 0 Å². The summed E-state index contributed by atoms with van der Waals surface area (Å²) in [5.74, 6) is 0.516. The summed E-state index contributed by atoms with van der Waals surface area (Å²) in [6.45, 7) is 5.52. The lowest BCUT2D eigenvalue weighted by Gasteiger charge is -2.35. The van der Waals surface area contributed by atoms with E-state index in [-0.39, 0.29) is 5.97 Å². The van der Waals surface area contributed by atoms with Crippen molar-refractivity contribution >= 4 is 22.9 Å². The van der Waals surface area contributed by atoms with Crippen LogP contribution in [0.15, 0.2) is 17.0 Å². The van der Waals surface area contributed by atoms with Crippen LogP contribution >= 0.6 is 11.3 Å². The minimum Gasteiger partial charge on any atom is -0.465 e. The maximum Gasteiger partial charge on any atom is 0.348 e. The number of ether oxygens (including phenoxy) is 1. The molecule has 126 valence electrons. The molecule has 0 atom stereocenters. The maximum absolute atomic E-state index is 12.1. The Labute approximate surface area is 143 Å². The average molecular weight is 333 g/mol. The molecular formula is C19H27NO2S. The van der Waals surface area contributed by atoms with Crippen LogP contribution in [0, 0.1) is 5.92 Å². The Morgan fingerprint density at radius 3 is 2.83 bits per heavy atom. The second kappa shape index (κ2) is 7.63. The summed E-state index contributed by atoms with van der Waals surface area (Å²) >= 11 is 1.51. The third-order valence-electron chi connectivity index (χ3n) is 5.37. The van der Waals surface area contributed by atoms with E-state index in [0.29, 0.717) is 5.92 Å². The molecule has 0 saturated heterocycles. The summed E-state index contributed by atoms with van der Waals surface area (Å²) in [5.41, 5.74) is 4.17. The van der Waals surface area contributed by atoms with Crippen molar-refractivity contribution in [3.8, 4) is 0 Å². The SMILES string of the molecule is CCN1CCC(c2ccsc2C(=O)OC)=C(C2CCCCC2)C1.